The quantitative estimate of drug-likeness (QED) is 0.452. The standard InChI is InChI=1S/C19H18BrF2N5O4S/c1-2-7-32(29,30)26-16-13(21)4-3-11(14(16)22)17(28)15-12-8-10(20)9-24-18(12)27(25-15)19-23-5-6-31-19/h3-4,8-9,19,23,26H,2,5-7H2,1H3. The highest BCUT2D eigenvalue weighted by Gasteiger charge is 2.29. The molecule has 0 saturated carbocycles. The highest BCUT2D eigenvalue weighted by molar-refractivity contribution is 9.10. The van der Waals surface area contributed by atoms with Gasteiger partial charge in [-0.05, 0) is 40.5 Å². The molecule has 1 saturated heterocycles. The number of pyridine rings is 1. The molecule has 1 unspecified atom stereocenters. The second kappa shape index (κ2) is 8.81. The van der Waals surface area contributed by atoms with Crippen LogP contribution in [0.3, 0.4) is 0 Å². The van der Waals surface area contributed by atoms with E-state index < -0.39 is 45.0 Å². The maximum absolute atomic E-state index is 15.1. The van der Waals surface area contributed by atoms with Crippen LogP contribution in [0.15, 0.2) is 28.9 Å². The molecule has 13 heteroatoms. The number of ether oxygens (including phenoxy) is 1. The van der Waals surface area contributed by atoms with Crippen molar-refractivity contribution in [3.05, 3.63) is 51.8 Å². The number of rotatable bonds is 7. The molecule has 0 spiro atoms. The molecule has 0 amide bonds. The Labute approximate surface area is 190 Å². The lowest BCUT2D eigenvalue weighted by molar-refractivity contribution is 0.0372. The van der Waals surface area contributed by atoms with Crippen molar-refractivity contribution in [3.63, 3.8) is 0 Å². The Morgan fingerprint density at radius 2 is 2.19 bits per heavy atom. The lowest BCUT2D eigenvalue weighted by atomic mass is 10.0. The maximum atomic E-state index is 15.1. The highest BCUT2D eigenvalue weighted by Crippen LogP contribution is 2.29. The van der Waals surface area contributed by atoms with Crippen LogP contribution < -0.4 is 10.0 Å². The normalized spacial score (nSPS) is 16.6. The number of nitrogens with one attached hydrogen (secondary N) is 2. The molecule has 1 atom stereocenters. The monoisotopic (exact) mass is 529 g/mol. The van der Waals surface area contributed by atoms with Gasteiger partial charge in [0.15, 0.2) is 11.5 Å². The van der Waals surface area contributed by atoms with Crippen molar-refractivity contribution >= 4 is 48.5 Å². The van der Waals surface area contributed by atoms with E-state index in [2.05, 4.69) is 31.3 Å². The minimum absolute atomic E-state index is 0.140. The number of hydrogen-bond acceptors (Lipinski definition) is 7. The van der Waals surface area contributed by atoms with Crippen molar-refractivity contribution in [2.24, 2.45) is 0 Å². The van der Waals surface area contributed by atoms with Gasteiger partial charge in [0.25, 0.3) is 0 Å². The van der Waals surface area contributed by atoms with Crippen molar-refractivity contribution in [1.29, 1.82) is 0 Å². The SMILES string of the molecule is CCCS(=O)(=O)Nc1c(F)ccc(C(=O)c2nn(C3NCCO3)c3ncc(Br)cc23)c1F. The first-order valence-corrected chi connectivity index (χ1v) is 12.1. The van der Waals surface area contributed by atoms with Gasteiger partial charge < -0.3 is 4.74 Å². The molecule has 2 aromatic heterocycles. The number of halogens is 3. The van der Waals surface area contributed by atoms with Gasteiger partial charge >= 0.3 is 0 Å². The fourth-order valence-electron chi connectivity index (χ4n) is 3.32. The largest absolute Gasteiger partial charge is 0.342 e. The van der Waals surface area contributed by atoms with Gasteiger partial charge in [0.05, 0.1) is 23.3 Å². The maximum Gasteiger partial charge on any atom is 0.232 e. The predicted octanol–water partition coefficient (Wildman–Crippen LogP) is 2.93. The Balaban J connectivity index is 1.81. The summed E-state index contributed by atoms with van der Waals surface area (Å²) in [6.45, 7) is 2.61. The summed E-state index contributed by atoms with van der Waals surface area (Å²) in [6.07, 6.45) is 1.10. The third kappa shape index (κ3) is 4.25. The zero-order valence-electron chi connectivity index (χ0n) is 16.7. The molecule has 3 aromatic rings. The van der Waals surface area contributed by atoms with Crippen molar-refractivity contribution in [3.8, 4) is 0 Å². The average Bonchev–Trinajstić information content (AvgIpc) is 3.38. The average molecular weight is 530 g/mol. The first-order valence-electron chi connectivity index (χ1n) is 9.63. The van der Waals surface area contributed by atoms with Crippen molar-refractivity contribution in [2.75, 3.05) is 23.6 Å². The number of fused-ring (bicyclic) bond motifs is 1. The third-order valence-corrected chi connectivity index (χ3v) is 6.61. The molecule has 3 heterocycles. The Morgan fingerprint density at radius 3 is 2.88 bits per heavy atom. The number of aromatic nitrogens is 3. The minimum atomic E-state index is -3.99. The fourth-order valence-corrected chi connectivity index (χ4v) is 4.79. The van der Waals surface area contributed by atoms with Crippen LogP contribution >= 0.6 is 15.9 Å². The molecule has 0 bridgehead atoms. The van der Waals surface area contributed by atoms with Gasteiger partial charge in [-0.1, -0.05) is 6.92 Å². The molecule has 1 aliphatic heterocycles. The number of nitrogens with zero attached hydrogens (tertiary/aromatic N) is 3. The van der Waals surface area contributed by atoms with E-state index in [9.17, 15) is 17.6 Å². The molecule has 1 aromatic carbocycles. The van der Waals surface area contributed by atoms with E-state index in [0.717, 1.165) is 12.1 Å². The van der Waals surface area contributed by atoms with Crippen LogP contribution in [-0.2, 0) is 14.8 Å². The number of carbonyl (C=O) groups is 1. The summed E-state index contributed by atoms with van der Waals surface area (Å²) >= 11 is 3.29. The molecule has 32 heavy (non-hydrogen) atoms. The first-order chi connectivity index (χ1) is 15.2. The smallest absolute Gasteiger partial charge is 0.232 e. The van der Waals surface area contributed by atoms with Crippen LogP contribution in [0.25, 0.3) is 11.0 Å². The molecular weight excluding hydrogens is 512 g/mol. The van der Waals surface area contributed by atoms with E-state index >= 15 is 4.39 Å². The fraction of sp³-hybridized carbons (Fsp3) is 0.316. The van der Waals surface area contributed by atoms with Crippen LogP contribution in [0.4, 0.5) is 14.5 Å². The molecule has 9 nitrogen and oxygen atoms in total. The zero-order valence-corrected chi connectivity index (χ0v) is 19.1. The number of ketones is 1. The van der Waals surface area contributed by atoms with Crippen molar-refractivity contribution < 1.29 is 26.7 Å². The number of hydrogen-bond donors (Lipinski definition) is 2. The van der Waals surface area contributed by atoms with Gasteiger partial charge in [-0.15, -0.1) is 0 Å². The molecule has 170 valence electrons. The molecular formula is C19H18BrF2N5O4S. The van der Waals surface area contributed by atoms with E-state index in [1.165, 1.54) is 10.9 Å². The predicted molar refractivity (Wildman–Crippen MR) is 116 cm³/mol. The van der Waals surface area contributed by atoms with Crippen molar-refractivity contribution in [2.45, 2.75) is 19.7 Å². The summed E-state index contributed by atoms with van der Waals surface area (Å²) in [5.74, 6) is -3.65. The minimum Gasteiger partial charge on any atom is -0.342 e. The van der Waals surface area contributed by atoms with Gasteiger partial charge in [-0.3, -0.25) is 14.8 Å². The Hall–Kier alpha value is -2.48. The second-order valence-electron chi connectivity index (χ2n) is 7.03. The van der Waals surface area contributed by atoms with E-state index in [0.29, 0.717) is 28.7 Å². The van der Waals surface area contributed by atoms with Crippen LogP contribution in [0.1, 0.15) is 35.7 Å². The molecule has 1 fully saturated rings. The summed E-state index contributed by atoms with van der Waals surface area (Å²) in [7, 11) is -3.99. The summed E-state index contributed by atoms with van der Waals surface area (Å²) in [5, 5.41) is 7.65. The summed E-state index contributed by atoms with van der Waals surface area (Å²) in [4.78, 5) is 17.5. The number of anilines is 1. The highest BCUT2D eigenvalue weighted by atomic mass is 79.9. The Kier molecular flexibility index (Phi) is 6.25. The van der Waals surface area contributed by atoms with Crippen LogP contribution in [0.2, 0.25) is 0 Å². The van der Waals surface area contributed by atoms with Gasteiger partial charge in [0.2, 0.25) is 22.2 Å². The second-order valence-corrected chi connectivity index (χ2v) is 9.79. The van der Waals surface area contributed by atoms with Gasteiger partial charge in [0, 0.05) is 17.2 Å². The lowest BCUT2D eigenvalue weighted by Gasteiger charge is -2.11. The zero-order chi connectivity index (χ0) is 23.0. The van der Waals surface area contributed by atoms with Gasteiger partial charge in [0.1, 0.15) is 17.2 Å². The van der Waals surface area contributed by atoms with Crippen LogP contribution in [0, 0.1) is 11.6 Å². The van der Waals surface area contributed by atoms with E-state index in [1.807, 2.05) is 4.72 Å². The molecule has 1 aliphatic rings. The topological polar surface area (TPSA) is 115 Å². The van der Waals surface area contributed by atoms with Crippen molar-refractivity contribution in [1.82, 2.24) is 20.1 Å². The first kappa shape index (κ1) is 22.7. The van der Waals surface area contributed by atoms with Crippen LogP contribution in [0.5, 0.6) is 0 Å². The Morgan fingerprint density at radius 1 is 1.41 bits per heavy atom. The number of carbonyl (C=O) groups excluding carboxylic acids is 1. The van der Waals surface area contributed by atoms with E-state index in [1.54, 1.807) is 13.0 Å². The summed E-state index contributed by atoms with van der Waals surface area (Å²) < 4.78 is 62.8. The number of sulfonamides is 1. The summed E-state index contributed by atoms with van der Waals surface area (Å²) in [5.41, 5.74) is -1.26. The summed E-state index contributed by atoms with van der Waals surface area (Å²) in [6, 6.07) is 3.38. The molecule has 0 radical (unpaired) electrons. The molecule has 4 rings (SSSR count). The van der Waals surface area contributed by atoms with Gasteiger partial charge in [-0.2, -0.15) is 5.10 Å². The van der Waals surface area contributed by atoms with Gasteiger partial charge in [-0.25, -0.2) is 26.9 Å². The third-order valence-electron chi connectivity index (χ3n) is 4.71. The molecule has 0 aliphatic carbocycles. The van der Waals surface area contributed by atoms with E-state index in [-0.39, 0.29) is 17.9 Å². The Bertz CT molecular complexity index is 1310. The van der Waals surface area contributed by atoms with E-state index in [4.69, 9.17) is 4.74 Å². The van der Waals surface area contributed by atoms with Crippen LogP contribution in [-0.4, -0.2) is 47.9 Å². The molecule has 2 N–H and O–H groups in total. The lowest BCUT2D eigenvalue weighted by Crippen LogP contribution is -2.22. The number of benzene rings is 1.